The average molecular weight is 422 g/mol. The van der Waals surface area contributed by atoms with Gasteiger partial charge in [-0.2, -0.15) is 0 Å². The smallest absolute Gasteiger partial charge is 0.336 e. The second-order valence-corrected chi connectivity index (χ2v) is 6.99. The number of amides is 2. The van der Waals surface area contributed by atoms with Crippen LogP contribution >= 0.6 is 0 Å². The highest BCUT2D eigenvalue weighted by Crippen LogP contribution is 2.34. The van der Waals surface area contributed by atoms with Crippen molar-refractivity contribution in [2.45, 2.75) is 27.2 Å². The van der Waals surface area contributed by atoms with Gasteiger partial charge in [0.05, 0.1) is 24.7 Å². The Morgan fingerprint density at radius 3 is 2.32 bits per heavy atom. The Morgan fingerprint density at radius 1 is 1.03 bits per heavy atom. The van der Waals surface area contributed by atoms with E-state index in [9.17, 15) is 14.4 Å². The Morgan fingerprint density at radius 2 is 1.71 bits per heavy atom. The van der Waals surface area contributed by atoms with E-state index in [0.717, 1.165) is 0 Å². The molecule has 0 aliphatic carbocycles. The lowest BCUT2D eigenvalue weighted by Crippen LogP contribution is -2.43. The molecule has 0 bridgehead atoms. The number of ether oxygens (including phenoxy) is 2. The fourth-order valence-corrected chi connectivity index (χ4v) is 3.60. The zero-order chi connectivity index (χ0) is 22.4. The van der Waals surface area contributed by atoms with Gasteiger partial charge in [-0.3, -0.25) is 14.5 Å². The summed E-state index contributed by atoms with van der Waals surface area (Å²) in [6.07, 6.45) is -0.136. The molecule has 1 aliphatic rings. The second kappa shape index (κ2) is 9.93. The average Bonchev–Trinajstić information content (AvgIpc) is 2.75. The number of carbonyl (C=O) groups excluding carboxylic acids is 3. The molecule has 7 heteroatoms. The van der Waals surface area contributed by atoms with Crippen molar-refractivity contribution in [1.29, 1.82) is 0 Å². The molecule has 2 aromatic carbocycles. The zero-order valence-corrected chi connectivity index (χ0v) is 17.9. The minimum Gasteiger partial charge on any atom is -0.494 e. The molecular weight excluding hydrogens is 396 g/mol. The summed E-state index contributed by atoms with van der Waals surface area (Å²) in [6.45, 7) is 5.96. The van der Waals surface area contributed by atoms with Crippen molar-refractivity contribution in [1.82, 2.24) is 0 Å². The molecule has 0 unspecified atom stereocenters. The molecule has 0 aromatic heterocycles. The summed E-state index contributed by atoms with van der Waals surface area (Å²) in [6, 6.07) is 15.9. The third kappa shape index (κ3) is 4.94. The SMILES string of the molecule is CCOC(=O)C1=C(C)N(c2ccccc2)C(=O)C[C@H]1C(=O)Nc1ccc(OCC)cc1. The van der Waals surface area contributed by atoms with Crippen LogP contribution in [0, 0.1) is 5.92 Å². The maximum absolute atomic E-state index is 13.1. The monoisotopic (exact) mass is 422 g/mol. The van der Waals surface area contributed by atoms with Gasteiger partial charge in [0.1, 0.15) is 5.75 Å². The molecule has 0 saturated heterocycles. The van der Waals surface area contributed by atoms with Crippen LogP contribution in [0.5, 0.6) is 5.75 Å². The summed E-state index contributed by atoms with van der Waals surface area (Å²) in [5, 5.41) is 2.80. The highest BCUT2D eigenvalue weighted by atomic mass is 16.5. The standard InChI is InChI=1S/C24H26N2O5/c1-4-30-19-13-11-17(12-14-19)25-23(28)20-15-21(27)26(18-9-7-6-8-10-18)16(3)22(20)24(29)31-5-2/h6-14,20H,4-5,15H2,1-3H3,(H,25,28)/t20-/m1/s1. The van der Waals surface area contributed by atoms with Crippen LogP contribution in [0.15, 0.2) is 65.9 Å². The minimum atomic E-state index is -0.946. The number of allylic oxidation sites excluding steroid dienone is 1. The van der Waals surface area contributed by atoms with Gasteiger partial charge in [-0.05, 0) is 57.2 Å². The molecule has 1 aliphatic heterocycles. The van der Waals surface area contributed by atoms with Crippen LogP contribution < -0.4 is 15.0 Å². The molecule has 0 saturated carbocycles. The van der Waals surface area contributed by atoms with E-state index >= 15 is 0 Å². The van der Waals surface area contributed by atoms with Crippen molar-refractivity contribution in [2.75, 3.05) is 23.4 Å². The Hall–Kier alpha value is -3.61. The predicted molar refractivity (Wildman–Crippen MR) is 118 cm³/mol. The molecule has 31 heavy (non-hydrogen) atoms. The van der Waals surface area contributed by atoms with Crippen LogP contribution in [0.1, 0.15) is 27.2 Å². The van der Waals surface area contributed by atoms with E-state index in [2.05, 4.69) is 5.32 Å². The number of nitrogens with zero attached hydrogens (tertiary/aromatic N) is 1. The molecule has 162 valence electrons. The summed E-state index contributed by atoms with van der Waals surface area (Å²) in [5.41, 5.74) is 1.77. The lowest BCUT2D eigenvalue weighted by Gasteiger charge is -2.33. The minimum absolute atomic E-state index is 0.136. The number of anilines is 2. The number of hydrogen-bond acceptors (Lipinski definition) is 5. The van der Waals surface area contributed by atoms with Crippen molar-refractivity contribution < 1.29 is 23.9 Å². The van der Waals surface area contributed by atoms with Crippen molar-refractivity contribution in [3.63, 3.8) is 0 Å². The van der Waals surface area contributed by atoms with Crippen LogP contribution in [0.4, 0.5) is 11.4 Å². The number of hydrogen-bond donors (Lipinski definition) is 1. The third-order valence-corrected chi connectivity index (χ3v) is 4.96. The predicted octanol–water partition coefficient (Wildman–Crippen LogP) is 3.91. The highest BCUT2D eigenvalue weighted by Gasteiger charge is 2.40. The maximum Gasteiger partial charge on any atom is 0.336 e. The number of rotatable bonds is 7. The van der Waals surface area contributed by atoms with Gasteiger partial charge in [0.2, 0.25) is 11.8 Å². The fourth-order valence-electron chi connectivity index (χ4n) is 3.60. The summed E-state index contributed by atoms with van der Waals surface area (Å²) in [4.78, 5) is 40.3. The van der Waals surface area contributed by atoms with E-state index in [0.29, 0.717) is 29.4 Å². The van der Waals surface area contributed by atoms with Gasteiger partial charge >= 0.3 is 5.97 Å². The summed E-state index contributed by atoms with van der Waals surface area (Å²) < 4.78 is 10.6. The second-order valence-electron chi connectivity index (χ2n) is 6.99. The normalized spacial score (nSPS) is 16.2. The van der Waals surface area contributed by atoms with Gasteiger partial charge in [0.15, 0.2) is 0 Å². The van der Waals surface area contributed by atoms with E-state index in [-0.39, 0.29) is 24.5 Å². The molecule has 1 atom stereocenters. The van der Waals surface area contributed by atoms with Crippen molar-refractivity contribution >= 4 is 29.2 Å². The van der Waals surface area contributed by atoms with Crippen LogP contribution in [-0.2, 0) is 19.1 Å². The van der Waals surface area contributed by atoms with E-state index in [1.807, 2.05) is 25.1 Å². The molecule has 1 heterocycles. The van der Waals surface area contributed by atoms with Crippen molar-refractivity contribution in [2.24, 2.45) is 5.92 Å². The molecule has 0 spiro atoms. The van der Waals surface area contributed by atoms with Crippen LogP contribution in [0.3, 0.4) is 0 Å². The van der Waals surface area contributed by atoms with Gasteiger partial charge in [0.25, 0.3) is 0 Å². The molecule has 2 aromatic rings. The van der Waals surface area contributed by atoms with E-state index in [1.54, 1.807) is 50.2 Å². The maximum atomic E-state index is 13.1. The molecule has 1 N–H and O–H groups in total. The fraction of sp³-hybridized carbons (Fsp3) is 0.292. The van der Waals surface area contributed by atoms with Crippen LogP contribution in [0.2, 0.25) is 0 Å². The van der Waals surface area contributed by atoms with E-state index in [1.165, 1.54) is 4.90 Å². The van der Waals surface area contributed by atoms with E-state index in [4.69, 9.17) is 9.47 Å². The molecule has 7 nitrogen and oxygen atoms in total. The van der Waals surface area contributed by atoms with Crippen LogP contribution in [-0.4, -0.2) is 31.0 Å². The first-order valence-corrected chi connectivity index (χ1v) is 10.3. The Labute approximate surface area is 181 Å². The first kappa shape index (κ1) is 22.1. The summed E-state index contributed by atoms with van der Waals surface area (Å²) in [5.74, 6) is -1.55. The number of para-hydroxylation sites is 1. The quantitative estimate of drug-likeness (QED) is 0.684. The van der Waals surface area contributed by atoms with Gasteiger partial charge in [-0.15, -0.1) is 0 Å². The molecule has 3 rings (SSSR count). The third-order valence-electron chi connectivity index (χ3n) is 4.96. The first-order chi connectivity index (χ1) is 15.0. The highest BCUT2D eigenvalue weighted by molar-refractivity contribution is 6.10. The van der Waals surface area contributed by atoms with E-state index < -0.39 is 17.8 Å². The summed E-state index contributed by atoms with van der Waals surface area (Å²) >= 11 is 0. The lowest BCUT2D eigenvalue weighted by atomic mass is 9.88. The van der Waals surface area contributed by atoms with Crippen LogP contribution in [0.25, 0.3) is 0 Å². The molecule has 0 radical (unpaired) electrons. The Kier molecular flexibility index (Phi) is 7.07. The Bertz CT molecular complexity index is 983. The van der Waals surface area contributed by atoms with Gasteiger partial charge < -0.3 is 14.8 Å². The van der Waals surface area contributed by atoms with Gasteiger partial charge in [-0.1, -0.05) is 18.2 Å². The topological polar surface area (TPSA) is 84.9 Å². The molecule has 2 amide bonds. The Balaban J connectivity index is 1.92. The number of nitrogens with one attached hydrogen (secondary N) is 1. The number of carbonyl (C=O) groups is 3. The van der Waals surface area contributed by atoms with Gasteiger partial charge in [-0.25, -0.2) is 4.79 Å². The zero-order valence-electron chi connectivity index (χ0n) is 17.9. The largest absolute Gasteiger partial charge is 0.494 e. The molecular formula is C24H26N2O5. The van der Waals surface area contributed by atoms with Crippen molar-refractivity contribution in [3.05, 3.63) is 65.9 Å². The van der Waals surface area contributed by atoms with Crippen molar-refractivity contribution in [3.8, 4) is 5.75 Å². The summed E-state index contributed by atoms with van der Waals surface area (Å²) in [7, 11) is 0. The first-order valence-electron chi connectivity index (χ1n) is 10.3. The number of benzene rings is 2. The molecule has 0 fully saturated rings. The van der Waals surface area contributed by atoms with Gasteiger partial charge in [0, 0.05) is 23.5 Å². The number of esters is 1. The lowest BCUT2D eigenvalue weighted by molar-refractivity contribution is -0.141.